The lowest BCUT2D eigenvalue weighted by atomic mass is 9.89. The summed E-state index contributed by atoms with van der Waals surface area (Å²) in [6, 6.07) is 0.515. The van der Waals surface area contributed by atoms with Crippen LogP contribution in [0.2, 0.25) is 0 Å². The van der Waals surface area contributed by atoms with E-state index in [9.17, 15) is 24.6 Å². The van der Waals surface area contributed by atoms with E-state index in [1.807, 2.05) is 6.92 Å². The summed E-state index contributed by atoms with van der Waals surface area (Å²) in [4.78, 5) is 42.6. The molecule has 0 aromatic carbocycles. The third-order valence-electron chi connectivity index (χ3n) is 6.92. The molecule has 4 N–H and O–H groups in total. The minimum atomic E-state index is -1.35. The Balaban J connectivity index is 1.47. The number of hydrogen-bond acceptors (Lipinski definition) is 8. The number of halogens is 1. The van der Waals surface area contributed by atoms with Gasteiger partial charge in [0.2, 0.25) is 5.43 Å². The monoisotopic (exact) mass is 533 g/mol. The highest BCUT2D eigenvalue weighted by atomic mass is 19.1. The first kappa shape index (κ1) is 27.8. The molecule has 2 aromatic heterocycles. The number of carbonyl (C=O) groups excluding carboxylic acids is 1. The quantitative estimate of drug-likeness (QED) is 0.376. The number of aliphatic hydroxyl groups excluding tert-OH is 1. The summed E-state index contributed by atoms with van der Waals surface area (Å²) in [5, 5.41) is 25.6. The first-order valence-corrected chi connectivity index (χ1v) is 12.8. The molecule has 1 saturated heterocycles. The molecule has 1 aliphatic carbocycles. The van der Waals surface area contributed by atoms with Crippen LogP contribution in [0.5, 0.6) is 0 Å². The number of hydrogen-bond donors (Lipinski definition) is 4. The lowest BCUT2D eigenvalue weighted by Gasteiger charge is -2.29. The predicted molar refractivity (Wildman–Crippen MR) is 139 cm³/mol. The number of anilines is 1. The molecule has 0 spiro atoms. The van der Waals surface area contributed by atoms with E-state index < -0.39 is 46.7 Å². The topological polar surface area (TPSA) is 146 Å². The summed E-state index contributed by atoms with van der Waals surface area (Å²) in [6.07, 6.45) is 2.02. The highest BCUT2D eigenvalue weighted by Gasteiger charge is 2.37. The molecule has 208 valence electrons. The molecule has 3 atom stereocenters. The minimum absolute atomic E-state index is 0.0350. The van der Waals surface area contributed by atoms with Gasteiger partial charge >= 0.3 is 12.1 Å². The van der Waals surface area contributed by atoms with Crippen molar-refractivity contribution in [1.82, 2.24) is 20.2 Å². The van der Waals surface area contributed by atoms with Crippen molar-refractivity contribution in [2.75, 3.05) is 24.5 Å². The molecule has 2 aromatic rings. The van der Waals surface area contributed by atoms with Crippen LogP contribution < -0.4 is 21.0 Å². The molecule has 4 rings (SSSR count). The van der Waals surface area contributed by atoms with Crippen LogP contribution >= 0.6 is 0 Å². The van der Waals surface area contributed by atoms with E-state index in [2.05, 4.69) is 15.6 Å². The maximum Gasteiger partial charge on any atom is 0.408 e. The first-order valence-electron chi connectivity index (χ1n) is 12.8. The van der Waals surface area contributed by atoms with Gasteiger partial charge in [0.25, 0.3) is 0 Å². The largest absolute Gasteiger partial charge is 0.477 e. The van der Waals surface area contributed by atoms with Crippen molar-refractivity contribution in [2.24, 2.45) is 5.41 Å². The van der Waals surface area contributed by atoms with E-state index >= 15 is 4.39 Å². The normalized spacial score (nSPS) is 21.4. The number of carbonyl (C=O) groups is 2. The van der Waals surface area contributed by atoms with Crippen molar-refractivity contribution in [3.63, 3.8) is 0 Å². The van der Waals surface area contributed by atoms with E-state index in [1.54, 1.807) is 37.2 Å². The standard InChI is InChI=1S/C26H36FN5O6/c1-14(29-24(37)38-25(2,3)4)22(34)28-12-26(5)8-9-31(13-26)21-18(27)10-16-19(33)17(23(35)36)11-32(15-6-7-15)20(16)30-21/h10-11,14-15,22,28,34H,6-9,12-13H2,1-5H3,(H,29,37)(H,35,36). The fourth-order valence-electron chi connectivity index (χ4n) is 4.69. The maximum absolute atomic E-state index is 15.2. The summed E-state index contributed by atoms with van der Waals surface area (Å²) < 4.78 is 22.1. The molecule has 1 amide bonds. The van der Waals surface area contributed by atoms with Gasteiger partial charge in [-0.1, -0.05) is 6.92 Å². The number of carboxylic acid groups (broad SMARTS) is 1. The van der Waals surface area contributed by atoms with Crippen molar-refractivity contribution in [3.05, 3.63) is 33.9 Å². The number of carboxylic acids is 1. The van der Waals surface area contributed by atoms with Crippen molar-refractivity contribution in [2.45, 2.75) is 77.8 Å². The van der Waals surface area contributed by atoms with Crippen LogP contribution in [0.1, 0.15) is 70.3 Å². The van der Waals surface area contributed by atoms with E-state index in [0.29, 0.717) is 26.1 Å². The minimum Gasteiger partial charge on any atom is -0.477 e. The molecule has 2 fully saturated rings. The number of aromatic carboxylic acids is 1. The zero-order valence-electron chi connectivity index (χ0n) is 22.4. The molecule has 3 unspecified atom stereocenters. The molecule has 0 radical (unpaired) electrons. The van der Waals surface area contributed by atoms with Gasteiger partial charge in [-0.3, -0.25) is 10.1 Å². The van der Waals surface area contributed by atoms with Crippen molar-refractivity contribution in [1.29, 1.82) is 0 Å². The van der Waals surface area contributed by atoms with Crippen molar-refractivity contribution in [3.8, 4) is 0 Å². The average molecular weight is 534 g/mol. The zero-order valence-corrected chi connectivity index (χ0v) is 22.4. The van der Waals surface area contributed by atoms with Gasteiger partial charge in [0.1, 0.15) is 23.0 Å². The number of nitrogens with one attached hydrogen (secondary N) is 2. The Morgan fingerprint density at radius 2 is 2.03 bits per heavy atom. The SMILES string of the molecule is CC(NC(=O)OC(C)(C)C)C(O)NCC1(C)CCN(c2nc3c(cc2F)c(=O)c(C(=O)O)cn3C2CC2)C1. The van der Waals surface area contributed by atoms with Gasteiger partial charge in [-0.15, -0.1) is 0 Å². The summed E-state index contributed by atoms with van der Waals surface area (Å²) >= 11 is 0. The lowest BCUT2D eigenvalue weighted by Crippen LogP contribution is -2.51. The van der Waals surface area contributed by atoms with Crippen molar-refractivity contribution >= 4 is 28.9 Å². The van der Waals surface area contributed by atoms with Gasteiger partial charge in [0.05, 0.1) is 11.4 Å². The second-order valence-corrected chi connectivity index (χ2v) is 11.7. The van der Waals surface area contributed by atoms with Crippen molar-refractivity contribution < 1.29 is 28.9 Å². The number of ether oxygens (including phenoxy) is 1. The number of aromatic nitrogens is 2. The summed E-state index contributed by atoms with van der Waals surface area (Å²) in [5.41, 5.74) is -1.85. The molecule has 11 nitrogen and oxygen atoms in total. The predicted octanol–water partition coefficient (Wildman–Crippen LogP) is 2.61. The van der Waals surface area contributed by atoms with Gasteiger partial charge in [-0.05, 0) is 58.4 Å². The number of pyridine rings is 2. The fourth-order valence-corrected chi connectivity index (χ4v) is 4.69. The van der Waals surface area contributed by atoms with Crippen LogP contribution in [0.25, 0.3) is 11.0 Å². The Labute approximate surface area is 220 Å². The second-order valence-electron chi connectivity index (χ2n) is 11.7. The van der Waals surface area contributed by atoms with Crippen LogP contribution in [-0.4, -0.2) is 69.3 Å². The number of nitrogens with zero attached hydrogens (tertiary/aromatic N) is 3. The fraction of sp³-hybridized carbons (Fsp3) is 0.615. The summed E-state index contributed by atoms with van der Waals surface area (Å²) in [6.45, 7) is 10.3. The van der Waals surface area contributed by atoms with E-state index in [0.717, 1.165) is 18.9 Å². The number of aliphatic hydroxyl groups is 1. The number of alkyl carbamates (subject to hydrolysis) is 1. The Kier molecular flexibility index (Phi) is 7.41. The van der Waals surface area contributed by atoms with E-state index in [4.69, 9.17) is 4.74 Å². The lowest BCUT2D eigenvalue weighted by molar-refractivity contribution is 0.0381. The van der Waals surface area contributed by atoms with Gasteiger partial charge in [-0.2, -0.15) is 0 Å². The molecule has 0 bridgehead atoms. The van der Waals surface area contributed by atoms with Crippen LogP contribution in [0, 0.1) is 11.2 Å². The third-order valence-corrected chi connectivity index (χ3v) is 6.92. The van der Waals surface area contributed by atoms with Crippen LogP contribution in [0.15, 0.2) is 17.1 Å². The second kappa shape index (κ2) is 10.1. The summed E-state index contributed by atoms with van der Waals surface area (Å²) in [7, 11) is 0. The first-order chi connectivity index (χ1) is 17.7. The molecule has 3 heterocycles. The van der Waals surface area contributed by atoms with Gasteiger partial charge in [0, 0.05) is 31.9 Å². The Hall–Kier alpha value is -3.25. The van der Waals surface area contributed by atoms with Gasteiger partial charge in [0.15, 0.2) is 11.6 Å². The van der Waals surface area contributed by atoms with Gasteiger partial charge in [-0.25, -0.2) is 19.0 Å². The smallest absolute Gasteiger partial charge is 0.408 e. The molecule has 38 heavy (non-hydrogen) atoms. The Morgan fingerprint density at radius 1 is 1.34 bits per heavy atom. The molecule has 12 heteroatoms. The maximum atomic E-state index is 15.2. The van der Waals surface area contributed by atoms with Crippen LogP contribution in [0.3, 0.4) is 0 Å². The van der Waals surface area contributed by atoms with Crippen LogP contribution in [-0.2, 0) is 4.74 Å². The molecule has 1 saturated carbocycles. The Bertz CT molecular complexity index is 1300. The Morgan fingerprint density at radius 3 is 2.63 bits per heavy atom. The highest BCUT2D eigenvalue weighted by Crippen LogP contribution is 2.38. The molecule has 1 aliphatic heterocycles. The number of fused-ring (bicyclic) bond motifs is 1. The summed E-state index contributed by atoms with van der Waals surface area (Å²) in [5.74, 6) is -1.93. The highest BCUT2D eigenvalue weighted by molar-refractivity contribution is 5.92. The number of rotatable bonds is 8. The average Bonchev–Trinajstić information content (AvgIpc) is 3.57. The zero-order chi connectivity index (χ0) is 28.0. The van der Waals surface area contributed by atoms with E-state index in [1.165, 1.54) is 6.20 Å². The molecule has 2 aliphatic rings. The third kappa shape index (κ3) is 6.07. The van der Waals surface area contributed by atoms with E-state index in [-0.39, 0.29) is 28.3 Å². The van der Waals surface area contributed by atoms with Gasteiger partial charge < -0.3 is 29.7 Å². The molecular formula is C26H36FN5O6. The molecular weight excluding hydrogens is 497 g/mol. The number of amides is 1. The van der Waals surface area contributed by atoms with Crippen LogP contribution in [0.4, 0.5) is 15.0 Å².